The minimum atomic E-state index is 0.244. The van der Waals surface area contributed by atoms with Gasteiger partial charge in [-0.2, -0.15) is 0 Å². The maximum Gasteiger partial charge on any atom is 0.0478 e. The fraction of sp³-hybridized carbons (Fsp3) is 0.500. The van der Waals surface area contributed by atoms with Crippen molar-refractivity contribution >= 4 is 0 Å². The Kier molecular flexibility index (Phi) is 2.57. The van der Waals surface area contributed by atoms with E-state index < -0.39 is 0 Å². The Bertz CT molecular complexity index is 263. The van der Waals surface area contributed by atoms with E-state index in [0.29, 0.717) is 11.8 Å². The highest BCUT2D eigenvalue weighted by atomic mass is 16.3. The lowest BCUT2D eigenvalue weighted by molar-refractivity contribution is 0.225. The zero-order chi connectivity index (χ0) is 9.10. The Labute approximate surface area is 77.8 Å². The lowest BCUT2D eigenvalue weighted by Crippen LogP contribution is -2.15. The van der Waals surface area contributed by atoms with E-state index in [1.165, 1.54) is 0 Å². The fourth-order valence-corrected chi connectivity index (χ4v) is 1.87. The topological polar surface area (TPSA) is 45.1 Å². The Balaban J connectivity index is 2.16. The average Bonchev–Trinajstić information content (AvgIpc) is 2.67. The third-order valence-corrected chi connectivity index (χ3v) is 2.64. The molecule has 0 aliphatic carbocycles. The highest BCUT2D eigenvalue weighted by molar-refractivity contribution is 5.13. The van der Waals surface area contributed by atoms with E-state index in [2.05, 4.69) is 10.3 Å². The molecule has 3 heteroatoms. The highest BCUT2D eigenvalue weighted by Crippen LogP contribution is 2.25. The first-order chi connectivity index (χ1) is 6.42. The summed E-state index contributed by atoms with van der Waals surface area (Å²) in [5.41, 5.74) is 1.09. The van der Waals surface area contributed by atoms with Crippen LogP contribution in [0.4, 0.5) is 0 Å². The van der Waals surface area contributed by atoms with Gasteiger partial charge in [0.25, 0.3) is 0 Å². The number of aliphatic hydroxyl groups excluding tert-OH is 1. The summed E-state index contributed by atoms with van der Waals surface area (Å²) in [6.07, 6.45) is 1.81. The molecule has 2 N–H and O–H groups in total. The number of aromatic nitrogens is 1. The molecule has 0 spiro atoms. The molecule has 0 bridgehead atoms. The molecule has 1 aromatic heterocycles. The molecule has 1 aliphatic heterocycles. The van der Waals surface area contributed by atoms with E-state index in [4.69, 9.17) is 5.11 Å². The summed E-state index contributed by atoms with van der Waals surface area (Å²) in [5.74, 6) is 0.709. The van der Waals surface area contributed by atoms with Gasteiger partial charge in [0.2, 0.25) is 0 Å². The molecule has 70 valence electrons. The van der Waals surface area contributed by atoms with Crippen molar-refractivity contribution in [2.45, 2.75) is 5.92 Å². The number of pyridine rings is 1. The second-order valence-electron chi connectivity index (χ2n) is 3.46. The molecule has 1 fully saturated rings. The van der Waals surface area contributed by atoms with Gasteiger partial charge < -0.3 is 10.4 Å². The van der Waals surface area contributed by atoms with Crippen LogP contribution in [-0.2, 0) is 0 Å². The largest absolute Gasteiger partial charge is 0.396 e. The number of hydrogen-bond donors (Lipinski definition) is 2. The molecule has 0 aromatic carbocycles. The van der Waals surface area contributed by atoms with Crippen molar-refractivity contribution in [2.24, 2.45) is 5.92 Å². The molecule has 1 aliphatic rings. The molecular formula is C10H14N2O. The van der Waals surface area contributed by atoms with Gasteiger partial charge in [0.15, 0.2) is 0 Å². The Morgan fingerprint density at radius 3 is 3.08 bits per heavy atom. The van der Waals surface area contributed by atoms with Crippen LogP contribution in [0, 0.1) is 5.92 Å². The third-order valence-electron chi connectivity index (χ3n) is 2.64. The van der Waals surface area contributed by atoms with Gasteiger partial charge in [0, 0.05) is 43.4 Å². The molecule has 0 saturated carbocycles. The van der Waals surface area contributed by atoms with E-state index in [-0.39, 0.29) is 6.61 Å². The quantitative estimate of drug-likeness (QED) is 0.688. The zero-order valence-electron chi connectivity index (χ0n) is 7.48. The van der Waals surface area contributed by atoms with Gasteiger partial charge >= 0.3 is 0 Å². The van der Waals surface area contributed by atoms with E-state index in [1.54, 1.807) is 0 Å². The zero-order valence-corrected chi connectivity index (χ0v) is 7.48. The van der Waals surface area contributed by atoms with Crippen LogP contribution in [0.15, 0.2) is 24.4 Å². The first-order valence-electron chi connectivity index (χ1n) is 4.64. The normalized spacial score (nSPS) is 27.8. The molecule has 0 unspecified atom stereocenters. The summed E-state index contributed by atoms with van der Waals surface area (Å²) in [5, 5.41) is 12.4. The van der Waals surface area contributed by atoms with E-state index >= 15 is 0 Å². The van der Waals surface area contributed by atoms with Crippen molar-refractivity contribution < 1.29 is 5.11 Å². The smallest absolute Gasteiger partial charge is 0.0478 e. The van der Waals surface area contributed by atoms with Gasteiger partial charge in [-0.3, -0.25) is 4.98 Å². The molecule has 1 aromatic rings. The standard InChI is InChI=1S/C10H14N2O/c13-7-8-5-11-6-9(8)10-3-1-2-4-12-10/h1-4,8-9,11,13H,5-7H2/t8-,9-/m0/s1. The summed E-state index contributed by atoms with van der Waals surface area (Å²) in [7, 11) is 0. The van der Waals surface area contributed by atoms with Gasteiger partial charge in [0.05, 0.1) is 0 Å². The second kappa shape index (κ2) is 3.85. The minimum Gasteiger partial charge on any atom is -0.396 e. The van der Waals surface area contributed by atoms with Crippen LogP contribution in [0.2, 0.25) is 0 Å². The van der Waals surface area contributed by atoms with Crippen molar-refractivity contribution in [1.82, 2.24) is 10.3 Å². The number of hydrogen-bond acceptors (Lipinski definition) is 3. The maximum atomic E-state index is 9.13. The second-order valence-corrected chi connectivity index (χ2v) is 3.46. The maximum absolute atomic E-state index is 9.13. The Hall–Kier alpha value is -0.930. The SMILES string of the molecule is OC[C@@H]1CNC[C@@H]1c1ccccn1. The summed E-state index contributed by atoms with van der Waals surface area (Å²) in [6.45, 7) is 2.08. The first-order valence-corrected chi connectivity index (χ1v) is 4.64. The van der Waals surface area contributed by atoms with Crippen LogP contribution in [0.25, 0.3) is 0 Å². The molecule has 2 heterocycles. The van der Waals surface area contributed by atoms with Crippen LogP contribution in [-0.4, -0.2) is 29.8 Å². The van der Waals surface area contributed by atoms with Crippen LogP contribution < -0.4 is 5.32 Å². The van der Waals surface area contributed by atoms with Crippen molar-refractivity contribution in [3.63, 3.8) is 0 Å². The summed E-state index contributed by atoms with van der Waals surface area (Å²) in [6, 6.07) is 5.94. The summed E-state index contributed by atoms with van der Waals surface area (Å²) in [4.78, 5) is 4.31. The van der Waals surface area contributed by atoms with E-state index in [1.807, 2.05) is 24.4 Å². The third kappa shape index (κ3) is 1.71. The molecule has 3 nitrogen and oxygen atoms in total. The van der Waals surface area contributed by atoms with Gasteiger partial charge in [-0.25, -0.2) is 0 Å². The van der Waals surface area contributed by atoms with Crippen LogP contribution in [0.3, 0.4) is 0 Å². The van der Waals surface area contributed by atoms with Crippen molar-refractivity contribution in [3.8, 4) is 0 Å². The van der Waals surface area contributed by atoms with Crippen molar-refractivity contribution in [3.05, 3.63) is 30.1 Å². The highest BCUT2D eigenvalue weighted by Gasteiger charge is 2.28. The molecule has 2 rings (SSSR count). The number of nitrogens with one attached hydrogen (secondary N) is 1. The van der Waals surface area contributed by atoms with Crippen molar-refractivity contribution in [1.29, 1.82) is 0 Å². The first kappa shape index (κ1) is 8.66. The predicted octanol–water partition coefficient (Wildman–Crippen LogP) is 0.377. The molecular weight excluding hydrogens is 164 g/mol. The number of rotatable bonds is 2. The molecule has 2 atom stereocenters. The molecule has 0 amide bonds. The number of aliphatic hydroxyl groups is 1. The number of nitrogens with zero attached hydrogens (tertiary/aromatic N) is 1. The molecule has 0 radical (unpaired) electrons. The monoisotopic (exact) mass is 178 g/mol. The predicted molar refractivity (Wildman–Crippen MR) is 50.4 cm³/mol. The van der Waals surface area contributed by atoms with Gasteiger partial charge in [-0.15, -0.1) is 0 Å². The van der Waals surface area contributed by atoms with Crippen LogP contribution >= 0.6 is 0 Å². The van der Waals surface area contributed by atoms with Gasteiger partial charge in [-0.05, 0) is 12.1 Å². The minimum absolute atomic E-state index is 0.244. The van der Waals surface area contributed by atoms with Crippen molar-refractivity contribution in [2.75, 3.05) is 19.7 Å². The van der Waals surface area contributed by atoms with E-state index in [0.717, 1.165) is 18.8 Å². The summed E-state index contributed by atoms with van der Waals surface area (Å²) >= 11 is 0. The lowest BCUT2D eigenvalue weighted by atomic mass is 9.93. The lowest BCUT2D eigenvalue weighted by Gasteiger charge is -2.14. The van der Waals surface area contributed by atoms with E-state index in [9.17, 15) is 0 Å². The average molecular weight is 178 g/mol. The molecule has 1 saturated heterocycles. The van der Waals surface area contributed by atoms with Gasteiger partial charge in [0.1, 0.15) is 0 Å². The molecule has 13 heavy (non-hydrogen) atoms. The Morgan fingerprint density at radius 2 is 2.38 bits per heavy atom. The van der Waals surface area contributed by atoms with Gasteiger partial charge in [-0.1, -0.05) is 6.07 Å². The fourth-order valence-electron chi connectivity index (χ4n) is 1.87. The summed E-state index contributed by atoms with van der Waals surface area (Å²) < 4.78 is 0. The Morgan fingerprint density at radius 1 is 1.46 bits per heavy atom. The van der Waals surface area contributed by atoms with Crippen LogP contribution in [0.1, 0.15) is 11.6 Å². The van der Waals surface area contributed by atoms with Crippen LogP contribution in [0.5, 0.6) is 0 Å².